The lowest BCUT2D eigenvalue weighted by atomic mass is 9.89. The van der Waals surface area contributed by atoms with Gasteiger partial charge >= 0.3 is 0 Å². The Balaban J connectivity index is 2.08. The molecule has 3 rings (SSSR count). The third-order valence-electron chi connectivity index (χ3n) is 4.10. The smallest absolute Gasteiger partial charge is 0.0513 e. The van der Waals surface area contributed by atoms with Crippen molar-refractivity contribution < 1.29 is 4.74 Å². The predicted octanol–water partition coefficient (Wildman–Crippen LogP) is 4.18. The lowest BCUT2D eigenvalue weighted by Crippen LogP contribution is -2.28. The molecule has 0 aliphatic carbocycles. The van der Waals surface area contributed by atoms with Gasteiger partial charge in [0.15, 0.2) is 0 Å². The second-order valence-corrected chi connectivity index (χ2v) is 5.75. The first-order valence-electron chi connectivity index (χ1n) is 7.29. The van der Waals surface area contributed by atoms with Gasteiger partial charge in [-0.25, -0.2) is 0 Å². The zero-order valence-electron chi connectivity index (χ0n) is 11.7. The van der Waals surface area contributed by atoms with Crippen molar-refractivity contribution in [3.63, 3.8) is 0 Å². The summed E-state index contributed by atoms with van der Waals surface area (Å²) >= 11 is 6.33. The molecule has 0 radical (unpaired) electrons. The molecule has 0 amide bonds. The van der Waals surface area contributed by atoms with E-state index in [1.807, 2.05) is 12.1 Å². The van der Waals surface area contributed by atoms with Crippen molar-refractivity contribution in [1.82, 2.24) is 5.32 Å². The minimum Gasteiger partial charge on any atom is -0.381 e. The van der Waals surface area contributed by atoms with Gasteiger partial charge in [0.05, 0.1) is 6.61 Å². The van der Waals surface area contributed by atoms with Crippen molar-refractivity contribution in [1.29, 1.82) is 0 Å². The van der Waals surface area contributed by atoms with Crippen LogP contribution < -0.4 is 5.32 Å². The molecule has 1 fully saturated rings. The Hall–Kier alpha value is -1.09. The Morgan fingerprint density at radius 1 is 1.25 bits per heavy atom. The molecule has 2 unspecified atom stereocenters. The molecular formula is C17H20ClNO. The molecule has 1 aliphatic rings. The van der Waals surface area contributed by atoms with E-state index in [0.717, 1.165) is 36.6 Å². The number of fused-ring (bicyclic) bond motifs is 1. The Kier molecular flexibility index (Phi) is 4.25. The van der Waals surface area contributed by atoms with E-state index in [1.165, 1.54) is 10.9 Å². The summed E-state index contributed by atoms with van der Waals surface area (Å²) in [5.74, 6) is 0.541. The molecule has 2 aromatic rings. The number of halogens is 1. The quantitative estimate of drug-likeness (QED) is 0.912. The zero-order chi connectivity index (χ0) is 13.9. The van der Waals surface area contributed by atoms with Gasteiger partial charge in [-0.2, -0.15) is 0 Å². The highest BCUT2D eigenvalue weighted by atomic mass is 35.5. The fourth-order valence-electron chi connectivity index (χ4n) is 3.12. The third-order valence-corrected chi connectivity index (χ3v) is 4.43. The van der Waals surface area contributed by atoms with Crippen LogP contribution in [0.5, 0.6) is 0 Å². The molecule has 1 heterocycles. The minimum absolute atomic E-state index is 0.338. The maximum absolute atomic E-state index is 6.33. The van der Waals surface area contributed by atoms with Crippen LogP contribution in [0.3, 0.4) is 0 Å². The van der Waals surface area contributed by atoms with Gasteiger partial charge < -0.3 is 10.1 Å². The fourth-order valence-corrected chi connectivity index (χ4v) is 3.35. The molecule has 1 aliphatic heterocycles. The van der Waals surface area contributed by atoms with Gasteiger partial charge in [-0.15, -0.1) is 0 Å². The summed E-state index contributed by atoms with van der Waals surface area (Å²) < 4.78 is 5.58. The molecule has 1 N–H and O–H groups in total. The highest BCUT2D eigenvalue weighted by Gasteiger charge is 2.27. The predicted molar refractivity (Wildman–Crippen MR) is 84.3 cm³/mol. The van der Waals surface area contributed by atoms with E-state index < -0.39 is 0 Å². The monoisotopic (exact) mass is 289 g/mol. The van der Waals surface area contributed by atoms with Gasteiger partial charge in [0.2, 0.25) is 0 Å². The molecule has 20 heavy (non-hydrogen) atoms. The second kappa shape index (κ2) is 6.13. The van der Waals surface area contributed by atoms with Gasteiger partial charge in [0.25, 0.3) is 0 Å². The first kappa shape index (κ1) is 13.9. The topological polar surface area (TPSA) is 21.3 Å². The van der Waals surface area contributed by atoms with Gasteiger partial charge in [0.1, 0.15) is 0 Å². The molecule has 0 saturated carbocycles. The summed E-state index contributed by atoms with van der Waals surface area (Å²) in [6.45, 7) is 4.83. The average molecular weight is 290 g/mol. The van der Waals surface area contributed by atoms with E-state index in [-0.39, 0.29) is 0 Å². The number of ether oxygens (including phenoxy) is 1. The standard InChI is InChI=1S/C17H20ClNO/c1-2-19-17(12-9-10-20-11-12)15-7-8-16(18)14-6-4-3-5-13(14)15/h3-8,12,17,19H,2,9-11H2,1H3. The van der Waals surface area contributed by atoms with E-state index in [9.17, 15) is 0 Å². The molecule has 0 aromatic heterocycles. The SMILES string of the molecule is CCNC(c1ccc(Cl)c2ccccc12)C1CCOC1. The number of benzene rings is 2. The third kappa shape index (κ3) is 2.56. The van der Waals surface area contributed by atoms with E-state index in [0.29, 0.717) is 12.0 Å². The largest absolute Gasteiger partial charge is 0.381 e. The number of rotatable bonds is 4. The summed E-state index contributed by atoms with van der Waals surface area (Å²) in [6, 6.07) is 12.9. The van der Waals surface area contributed by atoms with Crippen LogP contribution in [0.1, 0.15) is 24.9 Å². The van der Waals surface area contributed by atoms with Crippen LogP contribution in [0, 0.1) is 5.92 Å². The van der Waals surface area contributed by atoms with E-state index >= 15 is 0 Å². The maximum atomic E-state index is 6.33. The molecule has 106 valence electrons. The molecule has 0 bridgehead atoms. The summed E-state index contributed by atoms with van der Waals surface area (Å²) in [5, 5.41) is 6.83. The summed E-state index contributed by atoms with van der Waals surface area (Å²) in [6.07, 6.45) is 1.12. The normalized spacial score (nSPS) is 20.4. The molecule has 1 saturated heterocycles. The molecule has 2 atom stereocenters. The van der Waals surface area contributed by atoms with E-state index in [4.69, 9.17) is 16.3 Å². The van der Waals surface area contributed by atoms with Crippen molar-refractivity contribution >= 4 is 22.4 Å². The number of hydrogen-bond donors (Lipinski definition) is 1. The van der Waals surface area contributed by atoms with Crippen molar-refractivity contribution in [3.05, 3.63) is 47.0 Å². The van der Waals surface area contributed by atoms with Crippen molar-refractivity contribution in [2.75, 3.05) is 19.8 Å². The fraction of sp³-hybridized carbons (Fsp3) is 0.412. The summed E-state index contributed by atoms with van der Waals surface area (Å²) in [5.41, 5.74) is 1.34. The zero-order valence-corrected chi connectivity index (χ0v) is 12.5. The Morgan fingerprint density at radius 2 is 2.05 bits per heavy atom. The van der Waals surface area contributed by atoms with Crippen molar-refractivity contribution in [3.8, 4) is 0 Å². The van der Waals surface area contributed by atoms with Gasteiger partial charge in [-0.3, -0.25) is 0 Å². The lowest BCUT2D eigenvalue weighted by Gasteiger charge is -2.25. The van der Waals surface area contributed by atoms with E-state index in [2.05, 4.69) is 36.5 Å². The van der Waals surface area contributed by atoms with Crippen LogP contribution in [0.15, 0.2) is 36.4 Å². The summed E-state index contributed by atoms with van der Waals surface area (Å²) in [7, 11) is 0. The highest BCUT2D eigenvalue weighted by Crippen LogP contribution is 2.35. The molecule has 2 nitrogen and oxygen atoms in total. The van der Waals surface area contributed by atoms with Crippen LogP contribution in [-0.2, 0) is 4.74 Å². The van der Waals surface area contributed by atoms with E-state index in [1.54, 1.807) is 0 Å². The van der Waals surface area contributed by atoms with Crippen molar-refractivity contribution in [2.24, 2.45) is 5.92 Å². The minimum atomic E-state index is 0.338. The Morgan fingerprint density at radius 3 is 2.75 bits per heavy atom. The molecule has 3 heteroatoms. The van der Waals surface area contributed by atoms with Crippen molar-refractivity contribution in [2.45, 2.75) is 19.4 Å². The first-order valence-corrected chi connectivity index (χ1v) is 7.67. The van der Waals surface area contributed by atoms with Crippen LogP contribution in [0.2, 0.25) is 5.02 Å². The van der Waals surface area contributed by atoms with Crippen LogP contribution in [-0.4, -0.2) is 19.8 Å². The second-order valence-electron chi connectivity index (χ2n) is 5.34. The summed E-state index contributed by atoms with van der Waals surface area (Å²) in [4.78, 5) is 0. The molecule has 2 aromatic carbocycles. The van der Waals surface area contributed by atoms with Gasteiger partial charge in [-0.05, 0) is 30.0 Å². The molecule has 0 spiro atoms. The van der Waals surface area contributed by atoms with Crippen LogP contribution in [0.4, 0.5) is 0 Å². The number of hydrogen-bond acceptors (Lipinski definition) is 2. The number of nitrogens with one attached hydrogen (secondary N) is 1. The Bertz CT molecular complexity index is 593. The maximum Gasteiger partial charge on any atom is 0.0513 e. The average Bonchev–Trinajstić information content (AvgIpc) is 3.00. The lowest BCUT2D eigenvalue weighted by molar-refractivity contribution is 0.177. The van der Waals surface area contributed by atoms with Gasteiger partial charge in [0, 0.05) is 29.0 Å². The first-order chi connectivity index (χ1) is 9.81. The van der Waals surface area contributed by atoms with Crippen LogP contribution in [0.25, 0.3) is 10.8 Å². The highest BCUT2D eigenvalue weighted by molar-refractivity contribution is 6.35. The molecular weight excluding hydrogens is 270 g/mol. The van der Waals surface area contributed by atoms with Crippen LogP contribution >= 0.6 is 11.6 Å². The Labute approximate surface area is 125 Å². The van der Waals surface area contributed by atoms with Gasteiger partial charge in [-0.1, -0.05) is 48.9 Å².